The van der Waals surface area contributed by atoms with Crippen LogP contribution in [0, 0.1) is 11.8 Å². The van der Waals surface area contributed by atoms with E-state index in [2.05, 4.69) is 59.0 Å². The molecule has 4 aromatic carbocycles. The van der Waals surface area contributed by atoms with Crippen LogP contribution in [-0.4, -0.2) is 85.5 Å². The SMILES string of the molecule is C=C(F)C(=O)NCc1cnn(Cc2cc3onc(NS(=O)(=O)c4cc(CC)ccc4OCCC#CC(=O)NCc4cnn(Cc5cc6onc(NS(=O)(=O)c7cc(CC)ccc7OC)c6c6c5CCCO6)c4)c3c3c2CCCO3)c1. The van der Waals surface area contributed by atoms with Crippen LogP contribution < -0.4 is 39.0 Å². The summed E-state index contributed by atoms with van der Waals surface area (Å²) < 4.78 is 113. The second-order valence-corrected chi connectivity index (χ2v) is 22.1. The minimum absolute atomic E-state index is 0.00125. The minimum Gasteiger partial charge on any atom is -0.495 e. The van der Waals surface area contributed by atoms with Crippen molar-refractivity contribution in [2.75, 3.05) is 36.4 Å². The first-order valence-electron chi connectivity index (χ1n) is 25.6. The molecular weight excluding hydrogens is 1080 g/mol. The van der Waals surface area contributed by atoms with Crippen LogP contribution in [0.2, 0.25) is 0 Å². The van der Waals surface area contributed by atoms with E-state index in [1.54, 1.807) is 70.5 Å². The topological polar surface area (TPSA) is 275 Å². The number of anilines is 2. The molecule has 0 saturated carbocycles. The molecule has 80 heavy (non-hydrogen) atoms. The molecule has 0 bridgehead atoms. The monoisotopic (exact) mass is 1130 g/mol. The number of nitrogens with one attached hydrogen (secondary N) is 4. The first-order valence-corrected chi connectivity index (χ1v) is 28.6. The highest BCUT2D eigenvalue weighted by molar-refractivity contribution is 7.93. The fraction of sp³-hybridized carbons (Fsp3) is 0.309. The van der Waals surface area contributed by atoms with Gasteiger partial charge in [-0.05, 0) is 103 Å². The molecule has 4 aromatic heterocycles. The summed E-state index contributed by atoms with van der Waals surface area (Å²) in [5.41, 5.74) is 6.86. The molecule has 2 amide bonds. The standard InChI is InChI=1S/C55H55FN10O12S2/c1-5-34-14-16-42(73-4)46(21-34)79(69,70)63-53-49-44(77-61-53)23-38(40-11-9-19-75-51(40)49)31-65-29-36(27-59-65)25-57-48(67)13-7-8-18-74-43-17-15-35(6-2)22-47(43)80(71,72)64-54-50-45(78-62-54)24-39(41-12-10-20-76-52(41)50)32-66-30-37(28-60-66)26-58-55(68)33(3)56/h14-17,21-24,27-30H,3,5-6,8-12,18-20,25-26,31-32H2,1-2,4H3,(H,57,67)(H,58,68)(H,61,63)(H,62,64). The van der Waals surface area contributed by atoms with Crippen LogP contribution in [0.4, 0.5) is 16.0 Å². The van der Waals surface area contributed by atoms with Gasteiger partial charge >= 0.3 is 0 Å². The molecule has 25 heteroatoms. The Labute approximate surface area is 459 Å². The van der Waals surface area contributed by atoms with Gasteiger partial charge in [-0.15, -0.1) is 0 Å². The molecule has 0 aliphatic carbocycles. The third-order valence-electron chi connectivity index (χ3n) is 13.4. The Kier molecular flexibility index (Phi) is 15.8. The molecule has 0 atom stereocenters. The minimum atomic E-state index is -4.34. The third-order valence-corrected chi connectivity index (χ3v) is 16.2. The van der Waals surface area contributed by atoms with E-state index >= 15 is 0 Å². The summed E-state index contributed by atoms with van der Waals surface area (Å²) in [4.78, 5) is 24.3. The van der Waals surface area contributed by atoms with Gasteiger partial charge in [-0.3, -0.25) is 28.4 Å². The molecule has 0 radical (unpaired) electrons. The zero-order valence-electron chi connectivity index (χ0n) is 43.8. The van der Waals surface area contributed by atoms with Crippen LogP contribution in [0.1, 0.15) is 77.6 Å². The molecule has 2 aliphatic rings. The van der Waals surface area contributed by atoms with Crippen molar-refractivity contribution in [2.24, 2.45) is 0 Å². The highest BCUT2D eigenvalue weighted by Gasteiger charge is 2.31. The van der Waals surface area contributed by atoms with Gasteiger partial charge in [0.15, 0.2) is 28.6 Å². The second-order valence-electron chi connectivity index (χ2n) is 18.8. The molecule has 0 spiro atoms. The van der Waals surface area contributed by atoms with Crippen molar-refractivity contribution in [3.05, 3.63) is 130 Å². The average Bonchev–Trinajstić information content (AvgIpc) is 4.31. The number of aromatic nitrogens is 6. The van der Waals surface area contributed by atoms with Gasteiger partial charge < -0.3 is 38.6 Å². The summed E-state index contributed by atoms with van der Waals surface area (Å²) in [6, 6.07) is 13.4. The van der Waals surface area contributed by atoms with E-state index in [-0.39, 0.29) is 64.6 Å². The Morgan fingerprint density at radius 2 is 1.24 bits per heavy atom. The van der Waals surface area contributed by atoms with Crippen molar-refractivity contribution in [2.45, 2.75) is 94.8 Å². The molecular formula is C55H55FN10O12S2. The van der Waals surface area contributed by atoms with Gasteiger partial charge in [0.1, 0.15) is 43.6 Å². The summed E-state index contributed by atoms with van der Waals surface area (Å²) in [5.74, 6) is 3.92. The third kappa shape index (κ3) is 11.8. The number of rotatable bonds is 21. The van der Waals surface area contributed by atoms with Crippen LogP contribution in [0.25, 0.3) is 21.9 Å². The number of methoxy groups -OCH3 is 1. The summed E-state index contributed by atoms with van der Waals surface area (Å²) in [6.07, 6.45) is 10.7. The van der Waals surface area contributed by atoms with Crippen molar-refractivity contribution in [3.8, 4) is 34.8 Å². The highest BCUT2D eigenvalue weighted by Crippen LogP contribution is 2.43. The smallest absolute Gasteiger partial charge is 0.296 e. The number of carbonyl (C=O) groups excluding carboxylic acids is 2. The van der Waals surface area contributed by atoms with Gasteiger partial charge in [0.05, 0.1) is 52.4 Å². The van der Waals surface area contributed by atoms with Gasteiger partial charge in [-0.2, -0.15) is 10.2 Å². The fourth-order valence-electron chi connectivity index (χ4n) is 9.45. The first-order chi connectivity index (χ1) is 38.6. The number of halogens is 1. The number of hydrogen-bond donors (Lipinski definition) is 4. The lowest BCUT2D eigenvalue weighted by Gasteiger charge is -2.21. The van der Waals surface area contributed by atoms with E-state index in [9.17, 15) is 30.8 Å². The molecule has 10 rings (SSSR count). The first kappa shape index (κ1) is 54.5. The van der Waals surface area contributed by atoms with Gasteiger partial charge in [0, 0.05) is 54.2 Å². The lowest BCUT2D eigenvalue weighted by Crippen LogP contribution is -2.22. The zero-order chi connectivity index (χ0) is 56.1. The molecule has 416 valence electrons. The molecule has 22 nitrogen and oxygen atoms in total. The predicted molar refractivity (Wildman–Crippen MR) is 290 cm³/mol. The van der Waals surface area contributed by atoms with Gasteiger partial charge in [-0.25, -0.2) is 21.2 Å². The van der Waals surface area contributed by atoms with Crippen LogP contribution in [0.15, 0.2) is 105 Å². The number of nitrogens with zero attached hydrogens (tertiary/aromatic N) is 6. The maximum atomic E-state index is 14.2. The molecule has 8 aromatic rings. The van der Waals surface area contributed by atoms with Crippen molar-refractivity contribution in [1.82, 2.24) is 40.5 Å². The Morgan fingerprint density at radius 3 is 1.75 bits per heavy atom. The largest absolute Gasteiger partial charge is 0.495 e. The fourth-order valence-corrected chi connectivity index (χ4v) is 11.9. The van der Waals surface area contributed by atoms with Crippen molar-refractivity contribution < 1.29 is 58.8 Å². The maximum absolute atomic E-state index is 14.2. The van der Waals surface area contributed by atoms with Gasteiger partial charge in [0.25, 0.3) is 31.9 Å². The summed E-state index contributed by atoms with van der Waals surface area (Å²) >= 11 is 0. The number of carbonyl (C=O) groups is 2. The maximum Gasteiger partial charge on any atom is 0.296 e. The predicted octanol–water partition coefficient (Wildman–Crippen LogP) is 7.03. The zero-order valence-corrected chi connectivity index (χ0v) is 45.4. The van der Waals surface area contributed by atoms with Crippen LogP contribution in [0.5, 0.6) is 23.0 Å². The molecule has 0 saturated heterocycles. The van der Waals surface area contributed by atoms with Gasteiger partial charge in [-0.1, -0.05) is 48.8 Å². The molecule has 0 fully saturated rings. The lowest BCUT2D eigenvalue weighted by atomic mass is 9.97. The van der Waals surface area contributed by atoms with E-state index in [1.807, 2.05) is 19.9 Å². The quantitative estimate of drug-likeness (QED) is 0.0319. The second kappa shape index (κ2) is 23.2. The number of aryl methyl sites for hydroxylation is 2. The van der Waals surface area contributed by atoms with E-state index in [0.29, 0.717) is 97.4 Å². The Balaban J connectivity index is 0.756. The highest BCUT2D eigenvalue weighted by atomic mass is 32.2. The van der Waals surface area contributed by atoms with Crippen molar-refractivity contribution >= 4 is 65.4 Å². The van der Waals surface area contributed by atoms with E-state index in [4.69, 9.17) is 28.0 Å². The lowest BCUT2D eigenvalue weighted by molar-refractivity contribution is -0.119. The summed E-state index contributed by atoms with van der Waals surface area (Å²) in [6.45, 7) is 8.40. The van der Waals surface area contributed by atoms with Crippen molar-refractivity contribution in [3.63, 3.8) is 0 Å². The summed E-state index contributed by atoms with van der Waals surface area (Å²) in [5, 5.41) is 23.1. The Morgan fingerprint density at radius 1 is 0.725 bits per heavy atom. The number of ether oxygens (including phenoxy) is 4. The Bertz CT molecular complexity index is 4010. The normalized spacial score (nSPS) is 13.1. The molecule has 6 heterocycles. The van der Waals surface area contributed by atoms with E-state index < -0.39 is 37.7 Å². The van der Waals surface area contributed by atoms with E-state index in [1.165, 1.54) is 13.2 Å². The molecule has 0 unspecified atom stereocenters. The van der Waals surface area contributed by atoms with E-state index in [0.717, 1.165) is 39.8 Å². The van der Waals surface area contributed by atoms with Crippen LogP contribution in [0.3, 0.4) is 0 Å². The number of sulfonamides is 2. The van der Waals surface area contributed by atoms with Crippen LogP contribution in [-0.2, 0) is 81.5 Å². The Hall–Kier alpha value is -8.89. The average molecular weight is 1130 g/mol. The summed E-state index contributed by atoms with van der Waals surface area (Å²) in [7, 11) is -7.08. The van der Waals surface area contributed by atoms with Crippen LogP contribution >= 0.6 is 0 Å². The number of fused-ring (bicyclic) bond motifs is 6. The number of amides is 2. The number of hydrogen-bond acceptors (Lipinski definition) is 16. The molecule has 4 N–H and O–H groups in total. The van der Waals surface area contributed by atoms with Crippen molar-refractivity contribution in [1.29, 1.82) is 0 Å². The number of benzene rings is 4. The van der Waals surface area contributed by atoms with Gasteiger partial charge in [0.2, 0.25) is 0 Å². The molecule has 2 aliphatic heterocycles.